The van der Waals surface area contributed by atoms with E-state index in [1.807, 2.05) is 13.0 Å². The fraction of sp³-hybridized carbons (Fsp3) is 0.267. The predicted molar refractivity (Wildman–Crippen MR) is 83.1 cm³/mol. The van der Waals surface area contributed by atoms with Gasteiger partial charge in [-0.05, 0) is 36.8 Å². The number of nitrogens with one attached hydrogen (secondary N) is 2. The number of hydrogen-bond acceptors (Lipinski definition) is 4. The Bertz CT molecular complexity index is 599. The van der Waals surface area contributed by atoms with E-state index in [2.05, 4.69) is 10.6 Å². The van der Waals surface area contributed by atoms with Crippen molar-refractivity contribution in [3.8, 4) is 0 Å². The minimum absolute atomic E-state index is 0.168. The van der Waals surface area contributed by atoms with Crippen molar-refractivity contribution in [3.05, 3.63) is 47.9 Å². The van der Waals surface area contributed by atoms with Gasteiger partial charge in [-0.1, -0.05) is 6.07 Å². The number of benzene rings is 1. The molecule has 1 atom stereocenters. The van der Waals surface area contributed by atoms with Gasteiger partial charge < -0.3 is 20.2 Å². The van der Waals surface area contributed by atoms with E-state index < -0.39 is 6.10 Å². The molecule has 0 bridgehead atoms. The molecule has 3 N–H and O–H groups in total. The van der Waals surface area contributed by atoms with Crippen molar-refractivity contribution in [3.63, 3.8) is 0 Å². The second-order valence-electron chi connectivity index (χ2n) is 4.65. The molecule has 112 valence electrons. The fourth-order valence-electron chi connectivity index (χ4n) is 1.77. The zero-order chi connectivity index (χ0) is 15.2. The van der Waals surface area contributed by atoms with Crippen molar-refractivity contribution in [1.82, 2.24) is 0 Å². The van der Waals surface area contributed by atoms with Crippen LogP contribution < -0.4 is 10.6 Å². The molecule has 0 radical (unpaired) electrons. The number of furan rings is 1. The molecular weight excluding hydrogens is 292 g/mol. The second-order valence-corrected chi connectivity index (χ2v) is 4.96. The van der Waals surface area contributed by atoms with E-state index in [1.165, 1.54) is 6.26 Å². The number of aliphatic hydroxyl groups is 1. The summed E-state index contributed by atoms with van der Waals surface area (Å²) in [5.41, 5.74) is 2.48. The van der Waals surface area contributed by atoms with E-state index in [9.17, 15) is 9.90 Å². The van der Waals surface area contributed by atoms with Crippen LogP contribution in [0.25, 0.3) is 0 Å². The molecule has 2 rings (SSSR count). The third kappa shape index (κ3) is 4.24. The number of carbonyl (C=O) groups is 1. The maximum atomic E-state index is 11.9. The summed E-state index contributed by atoms with van der Waals surface area (Å²) >= 11 is 5.56. The van der Waals surface area contributed by atoms with Crippen LogP contribution in [0.1, 0.15) is 16.1 Å². The summed E-state index contributed by atoms with van der Waals surface area (Å²) in [5, 5.41) is 15.3. The van der Waals surface area contributed by atoms with Crippen molar-refractivity contribution >= 4 is 28.9 Å². The summed E-state index contributed by atoms with van der Waals surface area (Å²) < 4.78 is 5.04. The van der Waals surface area contributed by atoms with Gasteiger partial charge in [-0.2, -0.15) is 0 Å². The summed E-state index contributed by atoms with van der Waals surface area (Å²) in [6, 6.07) is 8.74. The molecular formula is C15H17ClN2O3. The first-order chi connectivity index (χ1) is 10.1. The second kappa shape index (κ2) is 7.15. The first kappa shape index (κ1) is 15.4. The van der Waals surface area contributed by atoms with Crippen LogP contribution in [-0.2, 0) is 0 Å². The zero-order valence-electron chi connectivity index (χ0n) is 11.6. The van der Waals surface area contributed by atoms with Crippen LogP contribution in [0.15, 0.2) is 41.0 Å². The van der Waals surface area contributed by atoms with Gasteiger partial charge in [-0.3, -0.25) is 4.79 Å². The number of aryl methyl sites for hydroxylation is 1. The molecule has 1 unspecified atom stereocenters. The Morgan fingerprint density at radius 1 is 1.43 bits per heavy atom. The largest absolute Gasteiger partial charge is 0.459 e. The Morgan fingerprint density at radius 3 is 2.90 bits per heavy atom. The van der Waals surface area contributed by atoms with Crippen molar-refractivity contribution < 1.29 is 14.3 Å². The highest BCUT2D eigenvalue weighted by molar-refractivity contribution is 6.18. The average Bonchev–Trinajstić information content (AvgIpc) is 3.01. The van der Waals surface area contributed by atoms with Crippen molar-refractivity contribution in [1.29, 1.82) is 0 Å². The van der Waals surface area contributed by atoms with Gasteiger partial charge in [0.2, 0.25) is 0 Å². The number of amides is 1. The molecule has 0 aliphatic heterocycles. The third-order valence-electron chi connectivity index (χ3n) is 2.95. The zero-order valence-corrected chi connectivity index (χ0v) is 12.4. The Balaban J connectivity index is 2.05. The van der Waals surface area contributed by atoms with Gasteiger partial charge in [-0.15, -0.1) is 11.6 Å². The minimum atomic E-state index is -0.618. The summed E-state index contributed by atoms with van der Waals surface area (Å²) in [5.74, 6) is 0.110. The summed E-state index contributed by atoms with van der Waals surface area (Å²) in [6.45, 7) is 2.29. The monoisotopic (exact) mass is 308 g/mol. The highest BCUT2D eigenvalue weighted by atomic mass is 35.5. The molecule has 21 heavy (non-hydrogen) atoms. The summed E-state index contributed by atoms with van der Waals surface area (Å²) in [6.07, 6.45) is 0.831. The lowest BCUT2D eigenvalue weighted by Crippen LogP contribution is -2.21. The van der Waals surface area contributed by atoms with E-state index in [1.54, 1.807) is 24.3 Å². The van der Waals surface area contributed by atoms with Crippen LogP contribution >= 0.6 is 11.6 Å². The van der Waals surface area contributed by atoms with Crippen LogP contribution in [0.3, 0.4) is 0 Å². The normalized spacial score (nSPS) is 12.0. The van der Waals surface area contributed by atoms with Crippen LogP contribution in [0, 0.1) is 6.92 Å². The molecule has 5 nitrogen and oxygen atoms in total. The number of carbonyl (C=O) groups excluding carboxylic acids is 1. The molecule has 0 aliphatic rings. The molecule has 1 aromatic carbocycles. The van der Waals surface area contributed by atoms with Gasteiger partial charge in [0.1, 0.15) is 0 Å². The highest BCUT2D eigenvalue weighted by Crippen LogP contribution is 2.21. The molecule has 2 aromatic rings. The molecule has 0 saturated heterocycles. The molecule has 6 heteroatoms. The highest BCUT2D eigenvalue weighted by Gasteiger charge is 2.10. The fourth-order valence-corrected chi connectivity index (χ4v) is 1.88. The van der Waals surface area contributed by atoms with Crippen LogP contribution in [0.2, 0.25) is 0 Å². The number of rotatable bonds is 6. The number of aliphatic hydroxyl groups excluding tert-OH is 1. The molecule has 0 saturated carbocycles. The number of alkyl halides is 1. The molecule has 1 amide bonds. The van der Waals surface area contributed by atoms with E-state index in [0.29, 0.717) is 12.2 Å². The minimum Gasteiger partial charge on any atom is -0.459 e. The molecule has 1 aromatic heterocycles. The molecule has 0 fully saturated rings. The number of hydrogen-bond donors (Lipinski definition) is 3. The van der Waals surface area contributed by atoms with Gasteiger partial charge in [-0.25, -0.2) is 0 Å². The Morgan fingerprint density at radius 2 is 2.24 bits per heavy atom. The lowest BCUT2D eigenvalue weighted by atomic mass is 10.1. The Kier molecular flexibility index (Phi) is 5.25. The Hall–Kier alpha value is -1.98. The lowest BCUT2D eigenvalue weighted by molar-refractivity contribution is 0.0996. The SMILES string of the molecule is Cc1ccc(NC(=O)c2ccco2)cc1NCC(O)CCl. The van der Waals surface area contributed by atoms with E-state index in [0.717, 1.165) is 11.3 Å². The van der Waals surface area contributed by atoms with E-state index >= 15 is 0 Å². The van der Waals surface area contributed by atoms with Crippen molar-refractivity contribution in [2.24, 2.45) is 0 Å². The number of anilines is 2. The first-order valence-electron chi connectivity index (χ1n) is 6.53. The van der Waals surface area contributed by atoms with Crippen LogP contribution in [0.5, 0.6) is 0 Å². The van der Waals surface area contributed by atoms with Gasteiger partial charge in [0.15, 0.2) is 5.76 Å². The van der Waals surface area contributed by atoms with Crippen LogP contribution in [-0.4, -0.2) is 29.5 Å². The topological polar surface area (TPSA) is 74.5 Å². The smallest absolute Gasteiger partial charge is 0.291 e. The van der Waals surface area contributed by atoms with Gasteiger partial charge >= 0.3 is 0 Å². The average molecular weight is 309 g/mol. The van der Waals surface area contributed by atoms with E-state index in [4.69, 9.17) is 16.0 Å². The van der Waals surface area contributed by atoms with Gasteiger partial charge in [0.25, 0.3) is 5.91 Å². The van der Waals surface area contributed by atoms with Gasteiger partial charge in [0, 0.05) is 17.9 Å². The predicted octanol–water partition coefficient (Wildman–Crippen LogP) is 2.85. The summed E-state index contributed by atoms with van der Waals surface area (Å²) in [4.78, 5) is 11.9. The standard InChI is InChI=1S/C15H17ClN2O3/c1-10-4-5-11(7-13(10)17-9-12(19)8-16)18-15(20)14-3-2-6-21-14/h2-7,12,17,19H,8-9H2,1H3,(H,18,20). The van der Waals surface area contributed by atoms with E-state index in [-0.39, 0.29) is 17.5 Å². The molecule has 0 spiro atoms. The third-order valence-corrected chi connectivity index (χ3v) is 3.30. The number of halogens is 1. The summed E-state index contributed by atoms with van der Waals surface area (Å²) in [7, 11) is 0. The maximum absolute atomic E-state index is 11.9. The van der Waals surface area contributed by atoms with Crippen LogP contribution in [0.4, 0.5) is 11.4 Å². The van der Waals surface area contributed by atoms with Gasteiger partial charge in [0.05, 0.1) is 18.2 Å². The van der Waals surface area contributed by atoms with Crippen molar-refractivity contribution in [2.45, 2.75) is 13.0 Å². The maximum Gasteiger partial charge on any atom is 0.291 e. The first-order valence-corrected chi connectivity index (χ1v) is 7.07. The Labute approximate surface area is 127 Å². The molecule has 0 aliphatic carbocycles. The quantitative estimate of drug-likeness (QED) is 0.717. The lowest BCUT2D eigenvalue weighted by Gasteiger charge is -2.14. The molecule has 1 heterocycles. The van der Waals surface area contributed by atoms with Crippen molar-refractivity contribution in [2.75, 3.05) is 23.1 Å².